The molecule has 1 heterocycles. The molecule has 240 valence electrons. The van der Waals surface area contributed by atoms with Crippen LogP contribution in [0.15, 0.2) is 32.4 Å². The van der Waals surface area contributed by atoms with E-state index in [-0.39, 0.29) is 18.0 Å². The fourth-order valence-corrected chi connectivity index (χ4v) is 6.15. The second-order valence-electron chi connectivity index (χ2n) is 10.7. The third kappa shape index (κ3) is 15.6. The highest BCUT2D eigenvalue weighted by Gasteiger charge is 2.16. The molecule has 0 bridgehead atoms. The summed E-state index contributed by atoms with van der Waals surface area (Å²) in [6.07, 6.45) is 17.5. The van der Waals surface area contributed by atoms with Crippen LogP contribution in [-0.4, -0.2) is 52.4 Å². The third-order valence-electron chi connectivity index (χ3n) is 7.04. The van der Waals surface area contributed by atoms with E-state index in [9.17, 15) is 14.8 Å². The Balaban J connectivity index is 1.60. The average Bonchev–Trinajstić information content (AvgIpc) is 3.40. The highest BCUT2D eigenvalue weighted by atomic mass is 79.9. The summed E-state index contributed by atoms with van der Waals surface area (Å²) in [6, 6.07) is 3.64. The minimum atomic E-state index is -0.465. The molecule has 0 atom stereocenters. The van der Waals surface area contributed by atoms with Gasteiger partial charge in [0, 0.05) is 38.0 Å². The van der Waals surface area contributed by atoms with Gasteiger partial charge in [0.05, 0.1) is 21.7 Å². The summed E-state index contributed by atoms with van der Waals surface area (Å²) in [5.74, 6) is 0.577. The number of nitrogens with two attached hydrogens (primary N) is 1. The van der Waals surface area contributed by atoms with Gasteiger partial charge in [0.1, 0.15) is 11.5 Å². The monoisotopic (exact) mass is 726 g/mol. The van der Waals surface area contributed by atoms with Crippen molar-refractivity contribution in [2.45, 2.75) is 103 Å². The number of nitrogens with one attached hydrogen (secondary N) is 3. The summed E-state index contributed by atoms with van der Waals surface area (Å²) in [4.78, 5) is 31.4. The summed E-state index contributed by atoms with van der Waals surface area (Å²) < 4.78 is 7.33. The molecule has 2 aromatic rings. The number of nitrogens with zero attached hydrogens (tertiary/aromatic N) is 2. The van der Waals surface area contributed by atoms with Gasteiger partial charge < -0.3 is 31.3 Å². The average molecular weight is 729 g/mol. The molecule has 2 rings (SSSR count). The quantitative estimate of drug-likeness (QED) is 0.0366. The molecule has 2 amide bonds. The largest absolute Gasteiger partial charge is 0.491 e. The Hall–Kier alpha value is -2.60. The molecule has 0 fully saturated rings. The number of aromatic amines is 1. The number of carbonyl (C=O) groups is 2. The van der Waals surface area contributed by atoms with Crippen LogP contribution in [0.2, 0.25) is 0 Å². The maximum atomic E-state index is 12.5. The number of amides is 2. The lowest BCUT2D eigenvalue weighted by Crippen LogP contribution is -2.33. The zero-order valence-corrected chi connectivity index (χ0v) is 28.5. The first kappa shape index (κ1) is 36.6. The SMILES string of the molecule is CCCCCCCCCCCCCC(=O)NCCCOc1c(Br)cc(C/C(=N\O)C(=O)NCCc2cnc(N)[nH]2)cc1Br. The summed E-state index contributed by atoms with van der Waals surface area (Å²) in [5.41, 5.74) is 7.09. The molecule has 12 heteroatoms. The highest BCUT2D eigenvalue weighted by molar-refractivity contribution is 9.11. The molecule has 0 saturated heterocycles. The van der Waals surface area contributed by atoms with Gasteiger partial charge in [-0.25, -0.2) is 4.98 Å². The van der Waals surface area contributed by atoms with Crippen LogP contribution in [0.25, 0.3) is 0 Å². The minimum absolute atomic E-state index is 0.0134. The van der Waals surface area contributed by atoms with Crippen LogP contribution in [0.5, 0.6) is 5.75 Å². The van der Waals surface area contributed by atoms with E-state index in [0.29, 0.717) is 59.6 Å². The van der Waals surface area contributed by atoms with Crippen LogP contribution < -0.4 is 21.1 Å². The van der Waals surface area contributed by atoms with Gasteiger partial charge in [0.15, 0.2) is 5.95 Å². The maximum Gasteiger partial charge on any atom is 0.269 e. The lowest BCUT2D eigenvalue weighted by molar-refractivity contribution is -0.121. The van der Waals surface area contributed by atoms with Crippen molar-refractivity contribution in [3.63, 3.8) is 0 Å². The second-order valence-corrected chi connectivity index (χ2v) is 12.5. The molecule has 10 nitrogen and oxygen atoms in total. The zero-order valence-electron chi connectivity index (χ0n) is 25.4. The van der Waals surface area contributed by atoms with Crippen LogP contribution in [0.3, 0.4) is 0 Å². The van der Waals surface area contributed by atoms with Crippen molar-refractivity contribution in [3.8, 4) is 5.75 Å². The molecule has 6 N–H and O–H groups in total. The third-order valence-corrected chi connectivity index (χ3v) is 8.22. The van der Waals surface area contributed by atoms with E-state index in [1.54, 1.807) is 6.20 Å². The fraction of sp³-hybridized carbons (Fsp3) is 0.613. The van der Waals surface area contributed by atoms with Gasteiger partial charge in [0.25, 0.3) is 5.91 Å². The van der Waals surface area contributed by atoms with Gasteiger partial charge in [-0.2, -0.15) is 0 Å². The Kier molecular flexibility index (Phi) is 18.7. The molecule has 0 radical (unpaired) electrons. The molecule has 0 aliphatic carbocycles. The molecule has 0 spiro atoms. The predicted molar refractivity (Wildman–Crippen MR) is 179 cm³/mol. The summed E-state index contributed by atoms with van der Waals surface area (Å²) in [6.45, 7) is 3.57. The number of unbranched alkanes of at least 4 members (excludes halogenated alkanes) is 10. The van der Waals surface area contributed by atoms with E-state index in [4.69, 9.17) is 10.5 Å². The Morgan fingerprint density at radius 2 is 1.58 bits per heavy atom. The molecule has 0 aliphatic heterocycles. The van der Waals surface area contributed by atoms with Gasteiger partial charge >= 0.3 is 0 Å². The normalized spacial score (nSPS) is 11.5. The smallest absolute Gasteiger partial charge is 0.269 e. The van der Waals surface area contributed by atoms with Gasteiger partial charge in [-0.1, -0.05) is 76.3 Å². The summed E-state index contributed by atoms with van der Waals surface area (Å²) >= 11 is 7.06. The maximum absolute atomic E-state index is 12.5. The number of aromatic nitrogens is 2. The first-order chi connectivity index (χ1) is 20.8. The van der Waals surface area contributed by atoms with Gasteiger partial charge in [0.2, 0.25) is 5.91 Å². The van der Waals surface area contributed by atoms with Crippen molar-refractivity contribution in [2.75, 3.05) is 25.4 Å². The van der Waals surface area contributed by atoms with E-state index in [1.165, 1.54) is 57.8 Å². The number of oxime groups is 1. The molecule has 0 aliphatic rings. The number of imidazole rings is 1. The minimum Gasteiger partial charge on any atom is -0.491 e. The van der Waals surface area contributed by atoms with Crippen molar-refractivity contribution < 1.29 is 19.5 Å². The van der Waals surface area contributed by atoms with Crippen LogP contribution in [0.4, 0.5) is 5.95 Å². The fourth-order valence-electron chi connectivity index (χ4n) is 4.64. The number of hydrogen-bond acceptors (Lipinski definition) is 7. The van der Waals surface area contributed by atoms with E-state index in [0.717, 1.165) is 24.1 Å². The Morgan fingerprint density at radius 3 is 2.16 bits per heavy atom. The first-order valence-electron chi connectivity index (χ1n) is 15.5. The lowest BCUT2D eigenvalue weighted by Gasteiger charge is -2.13. The highest BCUT2D eigenvalue weighted by Crippen LogP contribution is 2.35. The number of ether oxygens (including phenoxy) is 1. The second kappa shape index (κ2) is 22.0. The molecular weight excluding hydrogens is 680 g/mol. The number of hydrogen-bond donors (Lipinski definition) is 5. The van der Waals surface area contributed by atoms with E-state index >= 15 is 0 Å². The van der Waals surface area contributed by atoms with Crippen molar-refractivity contribution in [1.82, 2.24) is 20.6 Å². The molecule has 1 aromatic heterocycles. The van der Waals surface area contributed by atoms with Gasteiger partial charge in [-0.15, -0.1) is 0 Å². The molecule has 0 unspecified atom stereocenters. The molecular formula is C31H48Br2N6O4. The van der Waals surface area contributed by atoms with Crippen LogP contribution in [0, 0.1) is 0 Å². The predicted octanol–water partition coefficient (Wildman–Crippen LogP) is 6.83. The Labute approximate surface area is 272 Å². The summed E-state index contributed by atoms with van der Waals surface area (Å²) in [5, 5.41) is 18.3. The van der Waals surface area contributed by atoms with Crippen molar-refractivity contribution >= 4 is 55.3 Å². The van der Waals surface area contributed by atoms with E-state index in [2.05, 4.69) is 64.5 Å². The first-order valence-corrected chi connectivity index (χ1v) is 17.1. The number of H-pyrrole nitrogens is 1. The molecule has 43 heavy (non-hydrogen) atoms. The molecule has 1 aromatic carbocycles. The van der Waals surface area contributed by atoms with E-state index < -0.39 is 5.91 Å². The Bertz CT molecular complexity index is 1120. The zero-order chi connectivity index (χ0) is 31.3. The number of carbonyl (C=O) groups excluding carboxylic acids is 2. The number of anilines is 1. The number of rotatable bonds is 23. The van der Waals surface area contributed by atoms with Crippen molar-refractivity contribution in [3.05, 3.63) is 38.5 Å². The molecule has 0 saturated carbocycles. The van der Waals surface area contributed by atoms with Crippen LogP contribution in [0.1, 0.15) is 102 Å². The number of benzene rings is 1. The van der Waals surface area contributed by atoms with Crippen molar-refractivity contribution in [1.29, 1.82) is 0 Å². The van der Waals surface area contributed by atoms with Crippen LogP contribution >= 0.6 is 31.9 Å². The van der Waals surface area contributed by atoms with Crippen molar-refractivity contribution in [2.24, 2.45) is 5.16 Å². The summed E-state index contributed by atoms with van der Waals surface area (Å²) in [7, 11) is 0. The van der Waals surface area contributed by atoms with Gasteiger partial charge in [-0.05, 0) is 62.4 Å². The standard InChI is InChI=1S/C31H48Br2N6O4/c1-2-3-4-5-6-7-8-9-10-11-12-14-28(40)35-16-13-18-43-29-25(32)19-23(20-26(29)33)21-27(39-42)30(41)36-17-15-24-22-37-31(34)38-24/h19-20,22,42H,2-18,21H2,1H3,(H,35,40)(H,36,41)(H3,34,37,38)/b39-27+. The number of nitrogen functional groups attached to an aromatic ring is 1. The van der Waals surface area contributed by atoms with Gasteiger partial charge in [-0.3, -0.25) is 9.59 Å². The van der Waals surface area contributed by atoms with E-state index in [1.807, 2.05) is 12.1 Å². The Morgan fingerprint density at radius 1 is 0.953 bits per heavy atom. The van der Waals surface area contributed by atoms with Crippen LogP contribution in [-0.2, 0) is 22.4 Å². The lowest BCUT2D eigenvalue weighted by atomic mass is 10.1. The number of halogens is 2. The topological polar surface area (TPSA) is 155 Å².